The zero-order chi connectivity index (χ0) is 18.9. The lowest BCUT2D eigenvalue weighted by Crippen LogP contribution is -2.43. The lowest BCUT2D eigenvalue weighted by atomic mass is 10.0. The largest absolute Gasteiger partial charge is 0.489 e. The first kappa shape index (κ1) is 19.2. The van der Waals surface area contributed by atoms with Crippen LogP contribution in [0, 0.1) is 5.92 Å². The Hall–Kier alpha value is -3.08. The minimum absolute atomic E-state index is 0.189. The Morgan fingerprint density at radius 3 is 2.31 bits per heavy atom. The molecule has 0 aliphatic rings. The molecule has 5 nitrogen and oxygen atoms in total. The fourth-order valence-corrected chi connectivity index (χ4v) is 2.30. The van der Waals surface area contributed by atoms with Crippen LogP contribution in [0.5, 0.6) is 5.75 Å². The molecule has 0 aliphatic heterocycles. The zero-order valence-corrected chi connectivity index (χ0v) is 14.9. The maximum Gasteiger partial charge on any atom is 0.326 e. The van der Waals surface area contributed by atoms with Crippen LogP contribution in [0.4, 0.5) is 0 Å². The number of hydrogen-bond acceptors (Lipinski definition) is 3. The van der Waals surface area contributed by atoms with Gasteiger partial charge in [-0.05, 0) is 35.3 Å². The second-order valence-corrected chi connectivity index (χ2v) is 6.25. The monoisotopic (exact) mass is 353 g/mol. The van der Waals surface area contributed by atoms with Crippen molar-refractivity contribution >= 4 is 18.0 Å². The Balaban J connectivity index is 1.88. The van der Waals surface area contributed by atoms with Gasteiger partial charge in [0.25, 0.3) is 0 Å². The summed E-state index contributed by atoms with van der Waals surface area (Å²) in [6.07, 6.45) is 2.97. The molecular formula is C21H23NO4. The highest BCUT2D eigenvalue weighted by Crippen LogP contribution is 2.15. The van der Waals surface area contributed by atoms with Crippen molar-refractivity contribution in [3.63, 3.8) is 0 Å². The van der Waals surface area contributed by atoms with Gasteiger partial charge < -0.3 is 15.2 Å². The first-order valence-electron chi connectivity index (χ1n) is 8.44. The molecule has 5 heteroatoms. The van der Waals surface area contributed by atoms with E-state index in [0.29, 0.717) is 6.61 Å². The molecule has 0 heterocycles. The van der Waals surface area contributed by atoms with Crippen LogP contribution in [0.15, 0.2) is 60.7 Å². The summed E-state index contributed by atoms with van der Waals surface area (Å²) in [4.78, 5) is 23.0. The molecule has 2 aromatic carbocycles. The molecule has 0 spiro atoms. The molecule has 1 amide bonds. The fraction of sp³-hybridized carbons (Fsp3) is 0.238. The summed E-state index contributed by atoms with van der Waals surface area (Å²) in [6.45, 7) is 3.98. The second-order valence-electron chi connectivity index (χ2n) is 6.25. The summed E-state index contributed by atoms with van der Waals surface area (Å²) in [5, 5.41) is 11.6. The average Bonchev–Trinajstić information content (AvgIpc) is 2.64. The van der Waals surface area contributed by atoms with Crippen molar-refractivity contribution in [2.24, 2.45) is 5.92 Å². The number of carboxylic acid groups (broad SMARTS) is 1. The Kier molecular flexibility index (Phi) is 6.97. The van der Waals surface area contributed by atoms with E-state index in [1.54, 1.807) is 19.9 Å². The highest BCUT2D eigenvalue weighted by molar-refractivity contribution is 5.94. The summed E-state index contributed by atoms with van der Waals surface area (Å²) < 4.78 is 5.71. The van der Waals surface area contributed by atoms with E-state index in [-0.39, 0.29) is 5.92 Å². The molecule has 0 saturated carbocycles. The van der Waals surface area contributed by atoms with E-state index in [2.05, 4.69) is 5.32 Å². The van der Waals surface area contributed by atoms with E-state index in [9.17, 15) is 9.59 Å². The quantitative estimate of drug-likeness (QED) is 0.712. The van der Waals surface area contributed by atoms with Gasteiger partial charge in [0.15, 0.2) is 0 Å². The van der Waals surface area contributed by atoms with Crippen molar-refractivity contribution in [2.75, 3.05) is 0 Å². The summed E-state index contributed by atoms with van der Waals surface area (Å²) in [5.41, 5.74) is 1.91. The summed E-state index contributed by atoms with van der Waals surface area (Å²) in [6, 6.07) is 16.3. The number of nitrogens with one attached hydrogen (secondary N) is 1. The Labute approximate surface area is 153 Å². The van der Waals surface area contributed by atoms with Crippen molar-refractivity contribution in [3.05, 3.63) is 71.8 Å². The highest BCUT2D eigenvalue weighted by Gasteiger charge is 2.22. The number of ether oxygens (including phenoxy) is 1. The van der Waals surface area contributed by atoms with E-state index in [0.717, 1.165) is 16.9 Å². The van der Waals surface area contributed by atoms with Gasteiger partial charge in [-0.2, -0.15) is 0 Å². The lowest BCUT2D eigenvalue weighted by molar-refractivity contribution is -0.142. The minimum atomic E-state index is -1.04. The van der Waals surface area contributed by atoms with Crippen LogP contribution in [0.25, 0.3) is 6.08 Å². The number of benzene rings is 2. The fourth-order valence-electron chi connectivity index (χ4n) is 2.30. The molecule has 2 aromatic rings. The van der Waals surface area contributed by atoms with E-state index < -0.39 is 17.9 Å². The maximum absolute atomic E-state index is 11.9. The van der Waals surface area contributed by atoms with Crippen LogP contribution < -0.4 is 10.1 Å². The normalized spacial score (nSPS) is 12.1. The molecule has 2 rings (SSSR count). The van der Waals surface area contributed by atoms with Crippen molar-refractivity contribution in [1.29, 1.82) is 0 Å². The van der Waals surface area contributed by atoms with Crippen LogP contribution in [0.3, 0.4) is 0 Å². The van der Waals surface area contributed by atoms with Gasteiger partial charge in [0.1, 0.15) is 18.4 Å². The number of rotatable bonds is 8. The van der Waals surface area contributed by atoms with Crippen LogP contribution in [0.1, 0.15) is 25.0 Å². The third-order valence-corrected chi connectivity index (χ3v) is 3.79. The van der Waals surface area contributed by atoms with Gasteiger partial charge in [0.2, 0.25) is 5.91 Å². The van der Waals surface area contributed by atoms with Crippen LogP contribution in [0.2, 0.25) is 0 Å². The minimum Gasteiger partial charge on any atom is -0.489 e. The molecular weight excluding hydrogens is 330 g/mol. The van der Waals surface area contributed by atoms with E-state index in [1.165, 1.54) is 6.08 Å². The van der Waals surface area contributed by atoms with Gasteiger partial charge in [-0.3, -0.25) is 4.79 Å². The lowest BCUT2D eigenvalue weighted by Gasteiger charge is -2.16. The van der Waals surface area contributed by atoms with Crippen molar-refractivity contribution in [2.45, 2.75) is 26.5 Å². The zero-order valence-electron chi connectivity index (χ0n) is 14.9. The number of carbonyl (C=O) groups excluding carboxylic acids is 1. The topological polar surface area (TPSA) is 75.6 Å². The first-order chi connectivity index (χ1) is 12.5. The predicted octanol–water partition coefficient (Wildman–Crippen LogP) is 3.50. The van der Waals surface area contributed by atoms with Gasteiger partial charge in [-0.1, -0.05) is 56.3 Å². The SMILES string of the molecule is CC(C)[C@@H](NC(=O)/C=C/c1ccc(OCc2ccccc2)cc1)C(=O)O. The van der Waals surface area contributed by atoms with Gasteiger partial charge in [-0.15, -0.1) is 0 Å². The molecule has 26 heavy (non-hydrogen) atoms. The molecule has 0 unspecified atom stereocenters. The van der Waals surface area contributed by atoms with Gasteiger partial charge in [0, 0.05) is 6.08 Å². The van der Waals surface area contributed by atoms with Crippen LogP contribution >= 0.6 is 0 Å². The van der Waals surface area contributed by atoms with Crippen molar-refractivity contribution < 1.29 is 19.4 Å². The molecule has 0 radical (unpaired) electrons. The smallest absolute Gasteiger partial charge is 0.326 e. The van der Waals surface area contributed by atoms with E-state index in [4.69, 9.17) is 9.84 Å². The molecule has 0 saturated heterocycles. The number of amides is 1. The van der Waals surface area contributed by atoms with Crippen molar-refractivity contribution in [3.8, 4) is 5.75 Å². The standard InChI is InChI=1S/C21H23NO4/c1-15(2)20(21(24)25)22-19(23)13-10-16-8-11-18(12-9-16)26-14-17-6-4-3-5-7-17/h3-13,15,20H,14H2,1-2H3,(H,22,23)(H,24,25)/b13-10+/t20-/m1/s1. The Bertz CT molecular complexity index is 751. The highest BCUT2D eigenvalue weighted by atomic mass is 16.5. The van der Waals surface area contributed by atoms with Crippen molar-refractivity contribution in [1.82, 2.24) is 5.32 Å². The molecule has 0 fully saturated rings. The Morgan fingerprint density at radius 1 is 1.08 bits per heavy atom. The third-order valence-electron chi connectivity index (χ3n) is 3.79. The molecule has 2 N–H and O–H groups in total. The molecule has 1 atom stereocenters. The third kappa shape index (κ3) is 6.09. The summed E-state index contributed by atoms with van der Waals surface area (Å²) in [7, 11) is 0. The van der Waals surface area contributed by atoms with E-state index in [1.807, 2.05) is 54.6 Å². The van der Waals surface area contributed by atoms with Gasteiger partial charge in [-0.25, -0.2) is 4.79 Å². The number of carbonyl (C=O) groups is 2. The van der Waals surface area contributed by atoms with Crippen LogP contribution in [-0.2, 0) is 16.2 Å². The van der Waals surface area contributed by atoms with Gasteiger partial charge >= 0.3 is 5.97 Å². The summed E-state index contributed by atoms with van der Waals surface area (Å²) in [5.74, 6) is -0.927. The van der Waals surface area contributed by atoms with Crippen LogP contribution in [-0.4, -0.2) is 23.0 Å². The summed E-state index contributed by atoms with van der Waals surface area (Å²) >= 11 is 0. The molecule has 0 aromatic heterocycles. The molecule has 136 valence electrons. The molecule has 0 aliphatic carbocycles. The van der Waals surface area contributed by atoms with E-state index >= 15 is 0 Å². The molecule has 0 bridgehead atoms. The number of hydrogen-bond donors (Lipinski definition) is 2. The number of carboxylic acids is 1. The average molecular weight is 353 g/mol. The Morgan fingerprint density at radius 2 is 1.73 bits per heavy atom. The maximum atomic E-state index is 11.9. The van der Waals surface area contributed by atoms with Gasteiger partial charge in [0.05, 0.1) is 0 Å². The first-order valence-corrected chi connectivity index (χ1v) is 8.44. The second kappa shape index (κ2) is 9.42. The predicted molar refractivity (Wildman–Crippen MR) is 101 cm³/mol. The number of aliphatic carboxylic acids is 1.